The average Bonchev–Trinajstić information content (AvgIpc) is 2.37. The smallest absolute Gasteiger partial charge is 0.407 e. The number of ether oxygens (including phenoxy) is 1. The first kappa shape index (κ1) is 18.3. The molecule has 1 rings (SSSR count). The number of thioether (sulfide) groups is 1. The van der Waals surface area contributed by atoms with Gasteiger partial charge in [-0.05, 0) is 44.7 Å². The van der Waals surface area contributed by atoms with Crippen LogP contribution in [0.15, 0.2) is 23.2 Å². The van der Waals surface area contributed by atoms with E-state index in [1.54, 1.807) is 26.8 Å². The van der Waals surface area contributed by atoms with Crippen LogP contribution in [0.5, 0.6) is 0 Å². The Labute approximate surface area is 134 Å². The van der Waals surface area contributed by atoms with E-state index in [1.807, 2.05) is 6.92 Å². The predicted octanol–water partition coefficient (Wildman–Crippen LogP) is 3.55. The number of nitrogens with zero attached hydrogens (tertiary/aromatic N) is 1. The molecule has 122 valence electrons. The third-order valence-corrected chi connectivity index (χ3v) is 3.06. The maximum atomic E-state index is 13.8. The fourth-order valence-electron chi connectivity index (χ4n) is 1.56. The molecule has 0 aliphatic rings. The molecule has 1 aromatic rings. The van der Waals surface area contributed by atoms with Crippen LogP contribution in [0.1, 0.15) is 33.3 Å². The molecule has 0 aromatic heterocycles. The molecular weight excluding hydrogens is 305 g/mol. The quantitative estimate of drug-likeness (QED) is 0.655. The van der Waals surface area contributed by atoms with Crippen LogP contribution in [0.3, 0.4) is 0 Å². The number of benzene rings is 1. The third kappa shape index (κ3) is 6.80. The molecule has 7 heteroatoms. The number of hydrogen-bond acceptors (Lipinski definition) is 4. The summed E-state index contributed by atoms with van der Waals surface area (Å²) in [4.78, 5) is 15.8. The van der Waals surface area contributed by atoms with Gasteiger partial charge in [0, 0.05) is 12.1 Å². The molecule has 1 aromatic carbocycles. The number of rotatable bonds is 4. The van der Waals surface area contributed by atoms with Crippen LogP contribution in [-0.2, 0) is 11.3 Å². The van der Waals surface area contributed by atoms with Crippen molar-refractivity contribution >= 4 is 28.7 Å². The summed E-state index contributed by atoms with van der Waals surface area (Å²) in [5, 5.41) is 2.93. The van der Waals surface area contributed by atoms with Crippen LogP contribution < -0.4 is 11.1 Å². The van der Waals surface area contributed by atoms with Crippen molar-refractivity contribution in [1.82, 2.24) is 5.32 Å². The van der Waals surface area contributed by atoms with Crippen molar-refractivity contribution in [1.29, 1.82) is 0 Å². The van der Waals surface area contributed by atoms with Gasteiger partial charge in [0.25, 0.3) is 0 Å². The largest absolute Gasteiger partial charge is 0.444 e. The molecule has 0 saturated carbocycles. The van der Waals surface area contributed by atoms with Crippen molar-refractivity contribution in [2.75, 3.05) is 5.75 Å². The molecule has 0 aliphatic carbocycles. The highest BCUT2D eigenvalue weighted by molar-refractivity contribution is 8.13. The number of halogens is 1. The molecule has 0 fully saturated rings. The fraction of sp³-hybridized carbons (Fsp3) is 0.467. The van der Waals surface area contributed by atoms with E-state index in [9.17, 15) is 9.18 Å². The second-order valence-electron chi connectivity index (χ2n) is 5.51. The Morgan fingerprint density at radius 3 is 2.73 bits per heavy atom. The standard InChI is InChI=1S/C15H22FN3O2S/c1-5-22-13(17)19-11-6-7-12(16)10(8-11)9-18-14(20)21-15(2,3)4/h6-8H,5,9H2,1-4H3,(H2,17,19)(H,18,20). The predicted molar refractivity (Wildman–Crippen MR) is 88.9 cm³/mol. The Hall–Kier alpha value is -1.76. The second-order valence-corrected chi connectivity index (χ2v) is 6.80. The Morgan fingerprint density at radius 2 is 2.14 bits per heavy atom. The number of carbonyl (C=O) groups is 1. The van der Waals surface area contributed by atoms with Crippen LogP contribution >= 0.6 is 11.8 Å². The summed E-state index contributed by atoms with van der Waals surface area (Å²) in [7, 11) is 0. The van der Waals surface area contributed by atoms with Crippen LogP contribution in [0.4, 0.5) is 14.9 Å². The molecule has 0 spiro atoms. The zero-order chi connectivity index (χ0) is 16.8. The molecule has 0 radical (unpaired) electrons. The molecule has 0 heterocycles. The van der Waals surface area contributed by atoms with E-state index in [2.05, 4.69) is 10.3 Å². The van der Waals surface area contributed by atoms with Gasteiger partial charge in [-0.15, -0.1) is 0 Å². The average molecular weight is 327 g/mol. The van der Waals surface area contributed by atoms with Crippen molar-refractivity contribution < 1.29 is 13.9 Å². The highest BCUT2D eigenvalue weighted by Gasteiger charge is 2.16. The highest BCUT2D eigenvalue weighted by Crippen LogP contribution is 2.19. The number of carbonyl (C=O) groups excluding carboxylic acids is 1. The van der Waals surface area contributed by atoms with Crippen molar-refractivity contribution in [2.24, 2.45) is 10.7 Å². The molecule has 0 bridgehead atoms. The molecule has 1 amide bonds. The third-order valence-electron chi connectivity index (χ3n) is 2.38. The minimum atomic E-state index is -0.597. The van der Waals surface area contributed by atoms with Gasteiger partial charge in [-0.3, -0.25) is 0 Å². The van der Waals surface area contributed by atoms with E-state index in [1.165, 1.54) is 23.9 Å². The molecule has 0 unspecified atom stereocenters. The summed E-state index contributed by atoms with van der Waals surface area (Å²) in [6.07, 6.45) is -0.596. The summed E-state index contributed by atoms with van der Waals surface area (Å²) in [6, 6.07) is 4.39. The summed E-state index contributed by atoms with van der Waals surface area (Å²) in [5.41, 5.74) is 5.99. The lowest BCUT2D eigenvalue weighted by atomic mass is 10.2. The normalized spacial score (nSPS) is 12.1. The molecule has 0 aliphatic heterocycles. The lowest BCUT2D eigenvalue weighted by Crippen LogP contribution is -2.32. The van der Waals surface area contributed by atoms with E-state index in [0.717, 1.165) is 5.75 Å². The molecular formula is C15H22FN3O2S. The number of hydrogen-bond donors (Lipinski definition) is 2. The van der Waals surface area contributed by atoms with E-state index >= 15 is 0 Å². The molecule has 0 saturated heterocycles. The van der Waals surface area contributed by atoms with E-state index in [4.69, 9.17) is 10.5 Å². The fourth-order valence-corrected chi connectivity index (χ4v) is 2.02. The maximum Gasteiger partial charge on any atom is 0.407 e. The van der Waals surface area contributed by atoms with E-state index in [0.29, 0.717) is 16.4 Å². The van der Waals surface area contributed by atoms with Gasteiger partial charge in [0.05, 0.1) is 5.69 Å². The zero-order valence-electron chi connectivity index (χ0n) is 13.3. The number of alkyl carbamates (subject to hydrolysis) is 1. The van der Waals surface area contributed by atoms with Gasteiger partial charge in [-0.25, -0.2) is 14.2 Å². The highest BCUT2D eigenvalue weighted by atomic mass is 32.2. The minimum Gasteiger partial charge on any atom is -0.444 e. The lowest BCUT2D eigenvalue weighted by Gasteiger charge is -2.19. The SMILES string of the molecule is CCSC(N)=Nc1ccc(F)c(CNC(=O)OC(C)(C)C)c1. The van der Waals surface area contributed by atoms with E-state index in [-0.39, 0.29) is 6.54 Å². The maximum absolute atomic E-state index is 13.8. The molecule has 5 nitrogen and oxygen atoms in total. The van der Waals surface area contributed by atoms with Gasteiger partial charge in [-0.2, -0.15) is 0 Å². The number of amides is 1. The number of amidine groups is 1. The number of nitrogens with one attached hydrogen (secondary N) is 1. The molecule has 3 N–H and O–H groups in total. The van der Waals surface area contributed by atoms with Gasteiger partial charge in [0.1, 0.15) is 11.4 Å². The molecule has 22 heavy (non-hydrogen) atoms. The summed E-state index contributed by atoms with van der Waals surface area (Å²) < 4.78 is 18.9. The lowest BCUT2D eigenvalue weighted by molar-refractivity contribution is 0.0523. The summed E-state index contributed by atoms with van der Waals surface area (Å²) in [5.74, 6) is 0.389. The first-order valence-electron chi connectivity index (χ1n) is 6.93. The van der Waals surface area contributed by atoms with Gasteiger partial charge >= 0.3 is 6.09 Å². The molecule has 0 atom stereocenters. The van der Waals surface area contributed by atoms with Gasteiger partial charge in [-0.1, -0.05) is 18.7 Å². The first-order valence-corrected chi connectivity index (χ1v) is 7.92. The van der Waals surface area contributed by atoms with Crippen LogP contribution in [-0.4, -0.2) is 22.6 Å². The Balaban J connectivity index is 2.74. The van der Waals surface area contributed by atoms with Crippen LogP contribution in [0.25, 0.3) is 0 Å². The monoisotopic (exact) mass is 327 g/mol. The topological polar surface area (TPSA) is 76.7 Å². The Bertz CT molecular complexity index is 556. The Morgan fingerprint density at radius 1 is 1.45 bits per heavy atom. The minimum absolute atomic E-state index is 0.0188. The van der Waals surface area contributed by atoms with E-state index < -0.39 is 17.5 Å². The van der Waals surface area contributed by atoms with Crippen molar-refractivity contribution in [3.05, 3.63) is 29.6 Å². The summed E-state index contributed by atoms with van der Waals surface area (Å²) in [6.45, 7) is 7.27. The van der Waals surface area contributed by atoms with Gasteiger partial charge in [0.2, 0.25) is 0 Å². The summed E-state index contributed by atoms with van der Waals surface area (Å²) >= 11 is 1.41. The van der Waals surface area contributed by atoms with Crippen LogP contribution in [0, 0.1) is 5.82 Å². The Kier molecular flexibility index (Phi) is 6.67. The second kappa shape index (κ2) is 8.03. The van der Waals surface area contributed by atoms with Crippen molar-refractivity contribution in [3.8, 4) is 0 Å². The first-order chi connectivity index (χ1) is 10.2. The van der Waals surface area contributed by atoms with Crippen LogP contribution in [0.2, 0.25) is 0 Å². The number of aliphatic imine (C=N–C) groups is 1. The zero-order valence-corrected chi connectivity index (χ0v) is 14.1. The van der Waals surface area contributed by atoms with Crippen molar-refractivity contribution in [2.45, 2.75) is 39.8 Å². The number of nitrogens with two attached hydrogens (primary N) is 1. The van der Waals surface area contributed by atoms with Crippen molar-refractivity contribution in [3.63, 3.8) is 0 Å². The van der Waals surface area contributed by atoms with Gasteiger partial charge in [0.15, 0.2) is 5.17 Å². The van der Waals surface area contributed by atoms with Gasteiger partial charge < -0.3 is 15.8 Å².